The summed E-state index contributed by atoms with van der Waals surface area (Å²) in [7, 11) is 0. The number of aliphatic hydroxyl groups excluding tert-OH is 2. The number of aliphatic hydroxyl groups is 2. The van der Waals surface area contributed by atoms with Gasteiger partial charge < -0.3 is 31.3 Å². The number of hydrogen-bond acceptors (Lipinski definition) is 9. The number of nitrogens with two attached hydrogens (primary N) is 1. The van der Waals surface area contributed by atoms with Crippen LogP contribution in [0.4, 0.5) is 5.82 Å². The van der Waals surface area contributed by atoms with Crippen LogP contribution in [0.3, 0.4) is 0 Å². The Morgan fingerprint density at radius 2 is 2.10 bits per heavy atom. The second kappa shape index (κ2) is 10.4. The van der Waals surface area contributed by atoms with Crippen LogP contribution in [0.15, 0.2) is 12.7 Å². The van der Waals surface area contributed by atoms with E-state index in [1.807, 2.05) is 0 Å². The number of ether oxygens (including phenoxy) is 1. The normalized spacial score (nSPS) is 21.6. The fourth-order valence-electron chi connectivity index (χ4n) is 3.32. The van der Waals surface area contributed by atoms with E-state index in [1.54, 1.807) is 10.9 Å². The van der Waals surface area contributed by atoms with Crippen LogP contribution in [0.25, 0.3) is 11.2 Å². The molecular formula is C18H29N7O4. The maximum Gasteiger partial charge on any atom is 0.239 e. The average Bonchev–Trinajstić information content (AvgIpc) is 3.32. The predicted molar refractivity (Wildman–Crippen MR) is 106 cm³/mol. The Morgan fingerprint density at radius 3 is 2.86 bits per heavy atom. The monoisotopic (exact) mass is 407 g/mol. The molecular weight excluding hydrogens is 378 g/mol. The molecule has 0 bridgehead atoms. The second-order valence-electron chi connectivity index (χ2n) is 7.07. The molecule has 11 nitrogen and oxygen atoms in total. The zero-order valence-electron chi connectivity index (χ0n) is 16.3. The summed E-state index contributed by atoms with van der Waals surface area (Å²) in [6.45, 7) is 1.16. The van der Waals surface area contributed by atoms with Gasteiger partial charge in [0.25, 0.3) is 0 Å². The molecule has 0 unspecified atom stereocenters. The van der Waals surface area contributed by atoms with Crippen molar-refractivity contribution in [1.82, 2.24) is 24.8 Å². The molecule has 3 rings (SSSR count). The third-order valence-electron chi connectivity index (χ3n) is 4.92. The Hall–Kier alpha value is -2.34. The predicted octanol–water partition coefficient (Wildman–Crippen LogP) is -0.486. The maximum absolute atomic E-state index is 12.0. The molecule has 29 heavy (non-hydrogen) atoms. The van der Waals surface area contributed by atoms with Crippen molar-refractivity contribution in [3.63, 3.8) is 0 Å². The van der Waals surface area contributed by atoms with Gasteiger partial charge >= 0.3 is 0 Å². The molecule has 1 fully saturated rings. The fourth-order valence-corrected chi connectivity index (χ4v) is 3.32. The Labute approximate surface area is 168 Å². The summed E-state index contributed by atoms with van der Waals surface area (Å²) in [5, 5.41) is 25.1. The highest BCUT2D eigenvalue weighted by atomic mass is 16.5. The van der Waals surface area contributed by atoms with Gasteiger partial charge in [-0.3, -0.25) is 9.36 Å². The van der Waals surface area contributed by atoms with E-state index in [1.165, 1.54) is 6.33 Å². The summed E-state index contributed by atoms with van der Waals surface area (Å²) < 4.78 is 7.36. The van der Waals surface area contributed by atoms with Gasteiger partial charge in [0.05, 0.1) is 25.6 Å². The van der Waals surface area contributed by atoms with E-state index in [4.69, 9.17) is 10.5 Å². The van der Waals surface area contributed by atoms with Gasteiger partial charge in [-0.2, -0.15) is 0 Å². The largest absolute Gasteiger partial charge is 0.394 e. The topological polar surface area (TPSA) is 160 Å². The minimum Gasteiger partial charge on any atom is -0.394 e. The van der Waals surface area contributed by atoms with E-state index in [0.29, 0.717) is 36.5 Å². The third kappa shape index (κ3) is 5.38. The molecule has 3 atom stereocenters. The van der Waals surface area contributed by atoms with Crippen molar-refractivity contribution in [1.29, 1.82) is 0 Å². The van der Waals surface area contributed by atoms with Crippen molar-refractivity contribution in [3.8, 4) is 0 Å². The second-order valence-corrected chi connectivity index (χ2v) is 7.07. The number of rotatable bonds is 11. The van der Waals surface area contributed by atoms with Gasteiger partial charge in [0.1, 0.15) is 18.7 Å². The van der Waals surface area contributed by atoms with Crippen molar-refractivity contribution in [2.24, 2.45) is 5.73 Å². The van der Waals surface area contributed by atoms with E-state index in [0.717, 1.165) is 25.7 Å². The van der Waals surface area contributed by atoms with Crippen LogP contribution in [-0.4, -0.2) is 74.1 Å². The lowest BCUT2D eigenvalue weighted by Crippen LogP contribution is -2.30. The SMILES string of the molecule is NCCCCCCNC(=O)CNc1ncnc2c1ncn2[C@H]1C[C@H](O)[C@@H](CO)O1. The van der Waals surface area contributed by atoms with E-state index < -0.39 is 18.4 Å². The van der Waals surface area contributed by atoms with Gasteiger partial charge in [0, 0.05) is 13.0 Å². The van der Waals surface area contributed by atoms with Crippen LogP contribution in [0.5, 0.6) is 0 Å². The molecule has 11 heteroatoms. The molecule has 0 spiro atoms. The molecule has 0 aromatic carbocycles. The summed E-state index contributed by atoms with van der Waals surface area (Å²) in [5.41, 5.74) is 6.49. The van der Waals surface area contributed by atoms with Crippen LogP contribution in [0, 0.1) is 0 Å². The van der Waals surface area contributed by atoms with Gasteiger partial charge in [0.15, 0.2) is 17.0 Å². The molecule has 1 aliphatic heterocycles. The highest BCUT2D eigenvalue weighted by Crippen LogP contribution is 2.31. The molecule has 0 radical (unpaired) electrons. The van der Waals surface area contributed by atoms with E-state index >= 15 is 0 Å². The number of fused-ring (bicyclic) bond motifs is 1. The zero-order chi connectivity index (χ0) is 20.6. The third-order valence-corrected chi connectivity index (χ3v) is 4.92. The molecule has 6 N–H and O–H groups in total. The van der Waals surface area contributed by atoms with Crippen LogP contribution >= 0.6 is 0 Å². The Kier molecular flexibility index (Phi) is 7.69. The van der Waals surface area contributed by atoms with Gasteiger partial charge in [-0.15, -0.1) is 0 Å². The zero-order valence-corrected chi connectivity index (χ0v) is 16.3. The minimum absolute atomic E-state index is 0.0764. The first-order valence-electron chi connectivity index (χ1n) is 9.96. The molecule has 1 amide bonds. The highest BCUT2D eigenvalue weighted by Gasteiger charge is 2.35. The average molecular weight is 407 g/mol. The smallest absolute Gasteiger partial charge is 0.239 e. The van der Waals surface area contributed by atoms with Gasteiger partial charge in [0.2, 0.25) is 5.91 Å². The van der Waals surface area contributed by atoms with E-state index in [9.17, 15) is 15.0 Å². The van der Waals surface area contributed by atoms with Gasteiger partial charge in [-0.1, -0.05) is 12.8 Å². The van der Waals surface area contributed by atoms with Crippen LogP contribution in [-0.2, 0) is 9.53 Å². The summed E-state index contributed by atoms with van der Waals surface area (Å²) in [6.07, 6.45) is 5.48. The summed E-state index contributed by atoms with van der Waals surface area (Å²) >= 11 is 0. The number of hydrogen-bond donors (Lipinski definition) is 5. The molecule has 3 heterocycles. The van der Waals surface area contributed by atoms with E-state index in [-0.39, 0.29) is 19.1 Å². The van der Waals surface area contributed by atoms with Gasteiger partial charge in [-0.25, -0.2) is 15.0 Å². The Balaban J connectivity index is 1.55. The van der Waals surface area contributed by atoms with Crippen molar-refractivity contribution in [2.45, 2.75) is 50.5 Å². The lowest BCUT2D eigenvalue weighted by Gasteiger charge is -2.13. The minimum atomic E-state index is -0.749. The summed E-state index contributed by atoms with van der Waals surface area (Å²) in [5.74, 6) is 0.326. The summed E-state index contributed by atoms with van der Waals surface area (Å²) in [4.78, 5) is 24.8. The number of unbranched alkanes of at least 4 members (excludes halogenated alkanes) is 3. The first-order valence-corrected chi connectivity index (χ1v) is 9.96. The van der Waals surface area contributed by atoms with Crippen LogP contribution < -0.4 is 16.4 Å². The molecule has 1 aliphatic rings. The number of nitrogens with zero attached hydrogens (tertiary/aromatic N) is 4. The maximum atomic E-state index is 12.0. The quantitative estimate of drug-likeness (QED) is 0.310. The number of anilines is 1. The van der Waals surface area contributed by atoms with Gasteiger partial charge in [-0.05, 0) is 19.4 Å². The van der Waals surface area contributed by atoms with Crippen molar-refractivity contribution < 1.29 is 19.7 Å². The van der Waals surface area contributed by atoms with Crippen molar-refractivity contribution >= 4 is 22.9 Å². The summed E-state index contributed by atoms with van der Waals surface area (Å²) in [6, 6.07) is 0. The highest BCUT2D eigenvalue weighted by molar-refractivity contribution is 5.86. The number of carbonyl (C=O) groups is 1. The molecule has 0 aliphatic carbocycles. The Morgan fingerprint density at radius 1 is 1.28 bits per heavy atom. The number of aromatic nitrogens is 4. The number of carbonyl (C=O) groups excluding carboxylic acids is 1. The number of imidazole rings is 1. The standard InChI is InChI=1S/C18H29N7O4/c19-5-3-1-2-4-6-20-14(28)8-21-17-16-18(23-10-22-17)25(11-24-16)15-7-12(27)13(9-26)29-15/h10-13,15,26-27H,1-9,19H2,(H,20,28)(H,21,22,23)/t12-,13+,15+/m0/s1. The molecule has 160 valence electrons. The van der Waals surface area contributed by atoms with Crippen LogP contribution in [0.2, 0.25) is 0 Å². The van der Waals surface area contributed by atoms with Crippen molar-refractivity contribution in [3.05, 3.63) is 12.7 Å². The fraction of sp³-hybridized carbons (Fsp3) is 0.667. The number of amides is 1. The first kappa shape index (κ1) is 21.4. The molecule has 1 saturated heterocycles. The lowest BCUT2D eigenvalue weighted by atomic mass is 10.2. The molecule has 2 aromatic heterocycles. The molecule has 2 aromatic rings. The molecule has 0 saturated carbocycles. The van der Waals surface area contributed by atoms with Crippen molar-refractivity contribution in [2.75, 3.05) is 31.6 Å². The van der Waals surface area contributed by atoms with Crippen LogP contribution in [0.1, 0.15) is 38.3 Å². The lowest BCUT2D eigenvalue weighted by molar-refractivity contribution is -0.119. The Bertz CT molecular complexity index is 800. The van der Waals surface area contributed by atoms with E-state index in [2.05, 4.69) is 25.6 Å². The first-order chi connectivity index (χ1) is 14.1. The number of nitrogens with one attached hydrogen (secondary N) is 2.